The third-order valence-corrected chi connectivity index (χ3v) is 13.8. The molecule has 4 heteroatoms. The Bertz CT molecular complexity index is 1940. The van der Waals surface area contributed by atoms with Gasteiger partial charge in [-0.25, -0.2) is 4.99 Å². The Balaban J connectivity index is 1.11. The van der Waals surface area contributed by atoms with Crippen LogP contribution in [0.4, 0.5) is 0 Å². The van der Waals surface area contributed by atoms with Crippen LogP contribution in [0.25, 0.3) is 17.0 Å². The molecule has 3 fully saturated rings. The highest BCUT2D eigenvalue weighted by molar-refractivity contribution is 5.95. The van der Waals surface area contributed by atoms with Crippen LogP contribution in [0.2, 0.25) is 0 Å². The van der Waals surface area contributed by atoms with Crippen LogP contribution >= 0.6 is 0 Å². The number of para-hydroxylation sites is 1. The average Bonchev–Trinajstić information content (AvgIpc) is 3.96. The first kappa shape index (κ1) is 25.4. The average molecular weight is 591 g/mol. The monoisotopic (exact) mass is 590 g/mol. The predicted octanol–water partition coefficient (Wildman–Crippen LogP) is 8.45. The van der Waals surface area contributed by atoms with Crippen LogP contribution in [0.15, 0.2) is 102 Å². The molecule has 4 heterocycles. The molecular weight excluding hydrogens is 548 g/mol. The Morgan fingerprint density at radius 1 is 1.00 bits per heavy atom. The number of nitrogens with one attached hydrogen (secondary N) is 1. The maximum atomic E-state index is 5.34. The molecule has 1 aromatic carbocycles. The van der Waals surface area contributed by atoms with Gasteiger partial charge in [-0.3, -0.25) is 0 Å². The molecule has 0 amide bonds. The lowest BCUT2D eigenvalue weighted by Gasteiger charge is -2.48. The van der Waals surface area contributed by atoms with E-state index in [2.05, 4.69) is 126 Å². The highest BCUT2D eigenvalue weighted by atomic mass is 15.4. The number of aliphatic imine (C=N–C) groups is 1. The lowest BCUT2D eigenvalue weighted by molar-refractivity contribution is 0.114. The van der Waals surface area contributed by atoms with Gasteiger partial charge in [-0.1, -0.05) is 99.2 Å². The van der Waals surface area contributed by atoms with Gasteiger partial charge < -0.3 is 14.8 Å². The quantitative estimate of drug-likeness (QED) is 0.389. The molecule has 3 saturated carbocycles. The fraction of sp³-hybridized carbons (Fsp3) is 0.439. The van der Waals surface area contributed by atoms with Crippen molar-refractivity contribution in [2.45, 2.75) is 81.5 Å². The zero-order valence-corrected chi connectivity index (χ0v) is 26.4. The first-order chi connectivity index (χ1) is 22.1. The number of rotatable bonds is 3. The lowest BCUT2D eigenvalue weighted by atomic mass is 9.66. The molecule has 9 unspecified atom stereocenters. The molecule has 1 N–H and O–H groups in total. The molecule has 45 heavy (non-hydrogen) atoms. The molecule has 6 aliphatic carbocycles. The predicted molar refractivity (Wildman–Crippen MR) is 183 cm³/mol. The maximum Gasteiger partial charge on any atom is 0.129 e. The highest BCUT2D eigenvalue weighted by Crippen LogP contribution is 2.78. The number of allylic oxidation sites excluding steroid dienone is 9. The molecule has 9 aliphatic rings. The van der Waals surface area contributed by atoms with Crippen molar-refractivity contribution in [2.24, 2.45) is 34.1 Å². The van der Waals surface area contributed by atoms with Gasteiger partial charge in [0.2, 0.25) is 0 Å². The molecule has 4 nitrogen and oxygen atoms in total. The minimum atomic E-state index is -0.0685. The second-order valence-corrected chi connectivity index (χ2v) is 15.8. The molecule has 2 aromatic rings. The summed E-state index contributed by atoms with van der Waals surface area (Å²) in [4.78, 5) is 8.15. The van der Waals surface area contributed by atoms with E-state index in [1.165, 1.54) is 53.7 Å². The van der Waals surface area contributed by atoms with E-state index in [0.717, 1.165) is 12.8 Å². The van der Waals surface area contributed by atoms with Crippen molar-refractivity contribution >= 4 is 23.2 Å². The van der Waals surface area contributed by atoms with Crippen LogP contribution in [0, 0.1) is 29.1 Å². The van der Waals surface area contributed by atoms with Crippen LogP contribution in [0.5, 0.6) is 0 Å². The summed E-state index contributed by atoms with van der Waals surface area (Å²) in [6, 6.07) is 7.72. The van der Waals surface area contributed by atoms with Crippen molar-refractivity contribution in [3.05, 3.63) is 113 Å². The summed E-state index contributed by atoms with van der Waals surface area (Å²) in [5.74, 6) is 3.75. The van der Waals surface area contributed by atoms with Crippen molar-refractivity contribution in [1.82, 2.24) is 14.8 Å². The van der Waals surface area contributed by atoms with E-state index in [1.807, 2.05) is 0 Å². The first-order valence-electron chi connectivity index (χ1n) is 17.6. The Morgan fingerprint density at radius 3 is 2.87 bits per heavy atom. The standard InChI is InChI=1S/C41H42N4/c1-39(2)30-16-9-14-29-34-32-24-40(32,21-17-33(34)44(35(29)30)36-31-15-7-8-20-41(31,36)39)45(37-27-12-5-3-10-25(27)18-22-42-37)38-28-13-6-4-11-26(28)19-23-43-38/h3,5,7-10,12,14-18,20-23,25-27,31-32,36-37,42H,4,6,11,13,19,24H2,1-2H3. The van der Waals surface area contributed by atoms with E-state index >= 15 is 0 Å². The zero-order chi connectivity index (χ0) is 29.7. The highest BCUT2D eigenvalue weighted by Gasteiger charge is 2.74. The van der Waals surface area contributed by atoms with Crippen molar-refractivity contribution < 1.29 is 0 Å². The normalized spacial score (nSPS) is 41.1. The Kier molecular flexibility index (Phi) is 4.70. The first-order valence-corrected chi connectivity index (χ1v) is 17.6. The van der Waals surface area contributed by atoms with Crippen molar-refractivity contribution in [2.75, 3.05) is 0 Å². The summed E-state index contributed by atoms with van der Waals surface area (Å²) >= 11 is 0. The third-order valence-electron chi connectivity index (χ3n) is 13.8. The van der Waals surface area contributed by atoms with Crippen LogP contribution in [-0.4, -0.2) is 27.4 Å². The zero-order valence-electron chi connectivity index (χ0n) is 26.4. The van der Waals surface area contributed by atoms with E-state index in [-0.39, 0.29) is 22.5 Å². The summed E-state index contributed by atoms with van der Waals surface area (Å²) < 4.78 is 2.79. The lowest BCUT2D eigenvalue weighted by Crippen LogP contribution is -2.56. The molecule has 1 spiro atoms. The number of nitrogens with zero attached hydrogens (tertiary/aromatic N) is 3. The molecule has 0 radical (unpaired) electrons. The van der Waals surface area contributed by atoms with Crippen LogP contribution in [-0.2, 0) is 5.41 Å². The molecule has 0 bridgehead atoms. The summed E-state index contributed by atoms with van der Waals surface area (Å²) in [5, 5.41) is 5.41. The minimum Gasteiger partial charge on any atom is -0.371 e. The molecule has 1 aromatic heterocycles. The second kappa shape index (κ2) is 8.32. The van der Waals surface area contributed by atoms with E-state index in [4.69, 9.17) is 4.99 Å². The third kappa shape index (κ3) is 2.90. The summed E-state index contributed by atoms with van der Waals surface area (Å²) in [6.45, 7) is 5.01. The molecule has 11 rings (SSSR count). The maximum absolute atomic E-state index is 5.34. The smallest absolute Gasteiger partial charge is 0.129 e. The fourth-order valence-electron chi connectivity index (χ4n) is 11.6. The Labute approximate surface area is 266 Å². The van der Waals surface area contributed by atoms with Crippen LogP contribution in [0.3, 0.4) is 0 Å². The van der Waals surface area contributed by atoms with Gasteiger partial charge in [0.05, 0.1) is 17.1 Å². The number of benzene rings is 1. The number of fused-ring (bicyclic) bond motifs is 9. The molecule has 226 valence electrons. The molecule has 9 atom stereocenters. The van der Waals surface area contributed by atoms with E-state index in [9.17, 15) is 0 Å². The van der Waals surface area contributed by atoms with Crippen molar-refractivity contribution in [3.63, 3.8) is 0 Å². The largest absolute Gasteiger partial charge is 0.371 e. The SMILES string of the molecule is CC1(C)c2cccc3c4c(n(c23)C2C3C=CC=CC321)C=CC1(N(C2=C3CCCCC3CC=N2)C2NC=CC3C=CC=CC32)CC41. The Morgan fingerprint density at radius 2 is 1.91 bits per heavy atom. The number of hydrogen-bond donors (Lipinski definition) is 1. The van der Waals surface area contributed by atoms with Gasteiger partial charge in [0.1, 0.15) is 12.0 Å². The second-order valence-electron chi connectivity index (χ2n) is 15.8. The van der Waals surface area contributed by atoms with Crippen molar-refractivity contribution in [1.29, 1.82) is 0 Å². The van der Waals surface area contributed by atoms with E-state index < -0.39 is 0 Å². The van der Waals surface area contributed by atoms with Gasteiger partial charge in [0, 0.05) is 51.8 Å². The summed E-state index contributed by atoms with van der Waals surface area (Å²) in [7, 11) is 0. The summed E-state index contributed by atoms with van der Waals surface area (Å²) in [5.41, 5.74) is 7.91. The molecule has 3 aliphatic heterocycles. The van der Waals surface area contributed by atoms with Gasteiger partial charge >= 0.3 is 0 Å². The molecule has 0 saturated heterocycles. The van der Waals surface area contributed by atoms with Crippen LogP contribution in [0.1, 0.15) is 81.2 Å². The fourth-order valence-corrected chi connectivity index (χ4v) is 11.6. The number of hydrogen-bond acceptors (Lipinski definition) is 3. The topological polar surface area (TPSA) is 32.6 Å². The molecular formula is C41H42N4. The summed E-state index contributed by atoms with van der Waals surface area (Å²) in [6.07, 6.45) is 38.5. The van der Waals surface area contributed by atoms with Crippen molar-refractivity contribution in [3.8, 4) is 0 Å². The van der Waals surface area contributed by atoms with Gasteiger partial charge in [-0.15, -0.1) is 0 Å². The van der Waals surface area contributed by atoms with Gasteiger partial charge in [-0.2, -0.15) is 0 Å². The number of aromatic nitrogens is 1. The minimum absolute atomic E-state index is 0.0685. The van der Waals surface area contributed by atoms with E-state index in [1.54, 1.807) is 11.1 Å². The van der Waals surface area contributed by atoms with E-state index in [0.29, 0.717) is 35.6 Å². The van der Waals surface area contributed by atoms with Gasteiger partial charge in [0.15, 0.2) is 0 Å². The van der Waals surface area contributed by atoms with Gasteiger partial charge in [-0.05, 0) is 67.0 Å². The van der Waals surface area contributed by atoms with Gasteiger partial charge in [0.25, 0.3) is 0 Å². The van der Waals surface area contributed by atoms with Crippen LogP contribution < -0.4 is 5.32 Å². The Hall–Kier alpha value is -3.79.